The molecule has 2 aromatic rings. The maximum absolute atomic E-state index is 12.3. The Balaban J connectivity index is 1.46. The van der Waals surface area contributed by atoms with Crippen LogP contribution in [0.1, 0.15) is 30.0 Å². The summed E-state index contributed by atoms with van der Waals surface area (Å²) in [6, 6.07) is 18.5. The molecule has 1 saturated heterocycles. The predicted octanol–water partition coefficient (Wildman–Crippen LogP) is 3.34. The number of hydrogen-bond donors (Lipinski definition) is 1. The van der Waals surface area contributed by atoms with E-state index in [1.54, 1.807) is 0 Å². The molecule has 5 nitrogen and oxygen atoms in total. The highest BCUT2D eigenvalue weighted by Crippen LogP contribution is 2.22. The number of nitrogens with zero attached hydrogens (tertiary/aromatic N) is 1. The van der Waals surface area contributed by atoms with Crippen LogP contribution in [0.2, 0.25) is 0 Å². The van der Waals surface area contributed by atoms with Gasteiger partial charge in [-0.25, -0.2) is 0 Å². The smallest absolute Gasteiger partial charge is 0.220 e. The Morgan fingerprint density at radius 3 is 2.54 bits per heavy atom. The zero-order chi connectivity index (χ0) is 19.6. The van der Waals surface area contributed by atoms with E-state index in [0.717, 1.165) is 32.1 Å². The van der Waals surface area contributed by atoms with E-state index in [9.17, 15) is 4.79 Å². The average Bonchev–Trinajstić information content (AvgIpc) is 2.74. The molecule has 1 amide bonds. The molecule has 0 saturated carbocycles. The lowest BCUT2D eigenvalue weighted by atomic mass is 10.0. The number of carbonyl (C=O) groups excluding carboxylic acids is 1. The number of para-hydroxylation sites is 1. The van der Waals surface area contributed by atoms with Gasteiger partial charge in [0.1, 0.15) is 5.75 Å². The second-order valence-electron chi connectivity index (χ2n) is 7.14. The zero-order valence-electron chi connectivity index (χ0n) is 16.6. The molecule has 3 rings (SSSR count). The van der Waals surface area contributed by atoms with Crippen molar-refractivity contribution in [3.8, 4) is 5.75 Å². The fraction of sp³-hybridized carbons (Fsp3) is 0.435. The minimum absolute atomic E-state index is 0.0713. The molecule has 2 aromatic carbocycles. The van der Waals surface area contributed by atoms with Crippen LogP contribution < -0.4 is 10.1 Å². The Bertz CT molecular complexity index is 712. The molecule has 0 aliphatic carbocycles. The van der Waals surface area contributed by atoms with Crippen LogP contribution in [-0.2, 0) is 9.53 Å². The van der Waals surface area contributed by atoms with Crippen molar-refractivity contribution in [2.24, 2.45) is 0 Å². The van der Waals surface area contributed by atoms with Gasteiger partial charge in [-0.15, -0.1) is 0 Å². The van der Waals surface area contributed by atoms with Crippen LogP contribution in [0.15, 0.2) is 54.6 Å². The van der Waals surface area contributed by atoms with Crippen molar-refractivity contribution >= 4 is 5.91 Å². The predicted molar refractivity (Wildman–Crippen MR) is 110 cm³/mol. The lowest BCUT2D eigenvalue weighted by Crippen LogP contribution is -2.43. The van der Waals surface area contributed by atoms with E-state index < -0.39 is 0 Å². The highest BCUT2D eigenvalue weighted by molar-refractivity contribution is 5.75. The summed E-state index contributed by atoms with van der Waals surface area (Å²) >= 11 is 0. The first-order valence-electron chi connectivity index (χ1n) is 10.1. The minimum atomic E-state index is 0.0713. The Labute approximate surface area is 167 Å². The van der Waals surface area contributed by atoms with Gasteiger partial charge in [-0.05, 0) is 31.0 Å². The number of benzene rings is 2. The molecule has 0 radical (unpaired) electrons. The van der Waals surface area contributed by atoms with Crippen LogP contribution in [-0.4, -0.2) is 50.3 Å². The molecule has 1 aliphatic heterocycles. The van der Waals surface area contributed by atoms with Crippen molar-refractivity contribution < 1.29 is 14.3 Å². The highest BCUT2D eigenvalue weighted by Gasteiger charge is 2.23. The third-order valence-corrected chi connectivity index (χ3v) is 5.00. The van der Waals surface area contributed by atoms with Gasteiger partial charge < -0.3 is 14.8 Å². The first-order chi connectivity index (χ1) is 13.7. The molecule has 150 valence electrons. The van der Waals surface area contributed by atoms with E-state index in [0.29, 0.717) is 26.0 Å². The molecular weight excluding hydrogens is 352 g/mol. The summed E-state index contributed by atoms with van der Waals surface area (Å²) in [6.45, 7) is 6.51. The first kappa shape index (κ1) is 20.4. The Kier molecular flexibility index (Phi) is 7.88. The molecule has 0 aromatic heterocycles. The molecule has 5 heteroatoms. The maximum atomic E-state index is 12.3. The fourth-order valence-electron chi connectivity index (χ4n) is 3.37. The molecule has 1 atom stereocenters. The van der Waals surface area contributed by atoms with Gasteiger partial charge >= 0.3 is 0 Å². The number of aryl methyl sites for hydroxylation is 1. The summed E-state index contributed by atoms with van der Waals surface area (Å²) < 4.78 is 11.1. The molecule has 1 heterocycles. The lowest BCUT2D eigenvalue weighted by molar-refractivity contribution is -0.121. The summed E-state index contributed by atoms with van der Waals surface area (Å²) in [5.41, 5.74) is 2.48. The van der Waals surface area contributed by atoms with Crippen LogP contribution in [0.5, 0.6) is 5.75 Å². The first-order valence-corrected chi connectivity index (χ1v) is 10.1. The quantitative estimate of drug-likeness (QED) is 0.676. The summed E-state index contributed by atoms with van der Waals surface area (Å²) in [4.78, 5) is 14.7. The van der Waals surface area contributed by atoms with E-state index in [4.69, 9.17) is 9.47 Å². The average molecular weight is 383 g/mol. The molecule has 28 heavy (non-hydrogen) atoms. The highest BCUT2D eigenvalue weighted by atomic mass is 16.5. The van der Waals surface area contributed by atoms with Gasteiger partial charge in [0.2, 0.25) is 5.91 Å². The van der Waals surface area contributed by atoms with Crippen LogP contribution in [0.3, 0.4) is 0 Å². The summed E-state index contributed by atoms with van der Waals surface area (Å²) in [5, 5.41) is 3.11. The van der Waals surface area contributed by atoms with Crippen molar-refractivity contribution in [2.45, 2.75) is 25.8 Å². The lowest BCUT2D eigenvalue weighted by Gasteiger charge is -2.35. The molecule has 1 fully saturated rings. The van der Waals surface area contributed by atoms with Gasteiger partial charge in [0, 0.05) is 26.1 Å². The Morgan fingerprint density at radius 2 is 1.82 bits per heavy atom. The molecule has 0 spiro atoms. The van der Waals surface area contributed by atoms with Gasteiger partial charge in [0.25, 0.3) is 0 Å². The third-order valence-electron chi connectivity index (χ3n) is 5.00. The van der Waals surface area contributed by atoms with Crippen LogP contribution in [0, 0.1) is 6.92 Å². The largest absolute Gasteiger partial charge is 0.494 e. The Hall–Kier alpha value is -2.37. The fourth-order valence-corrected chi connectivity index (χ4v) is 3.37. The number of ether oxygens (including phenoxy) is 2. The van der Waals surface area contributed by atoms with Gasteiger partial charge in [-0.1, -0.05) is 48.0 Å². The topological polar surface area (TPSA) is 50.8 Å². The summed E-state index contributed by atoms with van der Waals surface area (Å²) in [7, 11) is 0. The monoisotopic (exact) mass is 382 g/mol. The molecule has 1 unspecified atom stereocenters. The van der Waals surface area contributed by atoms with Crippen molar-refractivity contribution in [1.82, 2.24) is 10.2 Å². The van der Waals surface area contributed by atoms with Crippen LogP contribution in [0.4, 0.5) is 0 Å². The SMILES string of the molecule is Cc1ccc(C(CNC(=O)CCCOc2ccccc2)N2CCOCC2)cc1. The molecule has 1 aliphatic rings. The molecular formula is C23H30N2O3. The summed E-state index contributed by atoms with van der Waals surface area (Å²) in [6.07, 6.45) is 1.17. The number of hydrogen-bond acceptors (Lipinski definition) is 4. The Morgan fingerprint density at radius 1 is 1.11 bits per heavy atom. The number of nitrogens with one attached hydrogen (secondary N) is 1. The molecule has 0 bridgehead atoms. The second-order valence-corrected chi connectivity index (χ2v) is 7.14. The van der Waals surface area contributed by atoms with Crippen molar-refractivity contribution in [1.29, 1.82) is 0 Å². The van der Waals surface area contributed by atoms with Crippen molar-refractivity contribution in [3.05, 3.63) is 65.7 Å². The van der Waals surface area contributed by atoms with Gasteiger partial charge in [-0.3, -0.25) is 9.69 Å². The van der Waals surface area contributed by atoms with E-state index in [2.05, 4.69) is 41.4 Å². The van der Waals surface area contributed by atoms with Gasteiger partial charge in [0.15, 0.2) is 0 Å². The number of carbonyl (C=O) groups is 1. The van der Waals surface area contributed by atoms with Crippen molar-refractivity contribution in [2.75, 3.05) is 39.5 Å². The number of rotatable bonds is 9. The standard InChI is InChI=1S/C23H30N2O3/c1-19-9-11-20(12-10-19)22(25-13-16-27-17-14-25)18-24-23(26)8-5-15-28-21-6-3-2-4-7-21/h2-4,6-7,9-12,22H,5,8,13-18H2,1H3,(H,24,26). The second kappa shape index (κ2) is 10.8. The van der Waals surface area contributed by atoms with E-state index in [-0.39, 0.29) is 11.9 Å². The zero-order valence-corrected chi connectivity index (χ0v) is 16.6. The molecule has 1 N–H and O–H groups in total. The van der Waals surface area contributed by atoms with Crippen LogP contribution in [0.25, 0.3) is 0 Å². The van der Waals surface area contributed by atoms with Crippen LogP contribution >= 0.6 is 0 Å². The third kappa shape index (κ3) is 6.36. The van der Waals surface area contributed by atoms with Crippen molar-refractivity contribution in [3.63, 3.8) is 0 Å². The minimum Gasteiger partial charge on any atom is -0.494 e. The number of morpholine rings is 1. The number of amides is 1. The van der Waals surface area contributed by atoms with Gasteiger partial charge in [0.05, 0.1) is 25.9 Å². The maximum Gasteiger partial charge on any atom is 0.220 e. The summed E-state index contributed by atoms with van der Waals surface area (Å²) in [5.74, 6) is 0.914. The normalized spacial score (nSPS) is 15.8. The van der Waals surface area contributed by atoms with Gasteiger partial charge in [-0.2, -0.15) is 0 Å². The van der Waals surface area contributed by atoms with E-state index in [1.165, 1.54) is 11.1 Å². The van der Waals surface area contributed by atoms with E-state index >= 15 is 0 Å². The van der Waals surface area contributed by atoms with E-state index in [1.807, 2.05) is 30.3 Å².